The molecular formula is C33H44N4O4. The van der Waals surface area contributed by atoms with Gasteiger partial charge in [0.2, 0.25) is 17.7 Å². The molecule has 2 fully saturated rings. The molecule has 0 spiro atoms. The zero-order valence-electron chi connectivity index (χ0n) is 25.0. The summed E-state index contributed by atoms with van der Waals surface area (Å²) >= 11 is 0. The van der Waals surface area contributed by atoms with Crippen molar-refractivity contribution in [2.24, 2.45) is 11.8 Å². The molecular weight excluding hydrogens is 516 g/mol. The molecule has 5 rings (SSSR count). The van der Waals surface area contributed by atoms with E-state index in [4.69, 9.17) is 4.74 Å². The predicted octanol–water partition coefficient (Wildman–Crippen LogP) is 3.64. The van der Waals surface area contributed by atoms with Gasteiger partial charge in [-0.3, -0.25) is 14.4 Å². The molecule has 3 aliphatic rings. The maximum absolute atomic E-state index is 14.5. The van der Waals surface area contributed by atoms with Gasteiger partial charge in [-0.15, -0.1) is 0 Å². The number of hydrogen-bond donors (Lipinski definition) is 2. The van der Waals surface area contributed by atoms with Crippen LogP contribution in [-0.4, -0.2) is 66.5 Å². The number of rotatable bonds is 7. The fourth-order valence-corrected chi connectivity index (χ4v) is 6.44. The Morgan fingerprint density at radius 1 is 1.00 bits per heavy atom. The first-order valence-electron chi connectivity index (χ1n) is 15.0. The molecule has 41 heavy (non-hydrogen) atoms. The first kappa shape index (κ1) is 29.1. The number of ether oxygens (including phenoxy) is 1. The van der Waals surface area contributed by atoms with Crippen LogP contribution in [0.1, 0.15) is 63.8 Å². The summed E-state index contributed by atoms with van der Waals surface area (Å²) in [4.78, 5) is 46.2. The van der Waals surface area contributed by atoms with E-state index >= 15 is 0 Å². The molecule has 8 heteroatoms. The molecule has 0 bridgehead atoms. The number of amides is 3. The molecule has 2 aromatic carbocycles. The molecule has 1 aliphatic carbocycles. The Morgan fingerprint density at radius 2 is 1.61 bits per heavy atom. The molecule has 220 valence electrons. The Balaban J connectivity index is 1.52. The van der Waals surface area contributed by atoms with E-state index in [2.05, 4.69) is 27.7 Å². The van der Waals surface area contributed by atoms with Crippen molar-refractivity contribution in [2.45, 2.75) is 77.5 Å². The van der Waals surface area contributed by atoms with Crippen LogP contribution in [0.2, 0.25) is 0 Å². The number of benzene rings is 2. The van der Waals surface area contributed by atoms with E-state index in [0.29, 0.717) is 25.2 Å². The summed E-state index contributed by atoms with van der Waals surface area (Å²) in [6, 6.07) is 13.8. The van der Waals surface area contributed by atoms with E-state index in [-0.39, 0.29) is 29.6 Å². The van der Waals surface area contributed by atoms with Gasteiger partial charge in [-0.05, 0) is 80.7 Å². The number of nitrogens with zero attached hydrogens (tertiary/aromatic N) is 2. The Hall–Kier alpha value is -3.39. The molecule has 2 aromatic rings. The number of nitrogens with one attached hydrogen (secondary N) is 2. The lowest BCUT2D eigenvalue weighted by molar-refractivity contribution is -0.158. The molecule has 2 saturated heterocycles. The molecule has 3 amide bonds. The van der Waals surface area contributed by atoms with Crippen LogP contribution in [0.15, 0.2) is 48.5 Å². The molecule has 0 aromatic heterocycles. The van der Waals surface area contributed by atoms with E-state index in [1.807, 2.05) is 71.0 Å². The van der Waals surface area contributed by atoms with E-state index < -0.39 is 23.7 Å². The summed E-state index contributed by atoms with van der Waals surface area (Å²) in [5.41, 5.74) is 3.68. The van der Waals surface area contributed by atoms with Gasteiger partial charge in [-0.2, -0.15) is 0 Å². The summed E-state index contributed by atoms with van der Waals surface area (Å²) in [5, 5.41) is 6.20. The van der Waals surface area contributed by atoms with Crippen molar-refractivity contribution < 1.29 is 19.1 Å². The molecule has 1 unspecified atom stereocenters. The smallest absolute Gasteiger partial charge is 0.247 e. The van der Waals surface area contributed by atoms with Crippen LogP contribution in [0.3, 0.4) is 0 Å². The average Bonchev–Trinajstić information content (AvgIpc) is 3.36. The van der Waals surface area contributed by atoms with Crippen LogP contribution < -0.4 is 15.5 Å². The standard InChI is InChI=1S/C33H44N4O4/c1-21(2)18-27-30(38)34-28(25-19-23-8-6-7-9-24(23)20-25)32(40)37(27)29(31(39)35-33(3,4)5)22-10-12-26(13-11-22)36-14-16-41-17-15-36/h6-13,21,25,27-29H,14-20H2,1-5H3,(H,34,38)(H,35,39)/t27-,28?,29-/m1/s1. The summed E-state index contributed by atoms with van der Waals surface area (Å²) in [6.07, 6.45) is 1.92. The van der Waals surface area contributed by atoms with Crippen LogP contribution in [0.4, 0.5) is 5.69 Å². The van der Waals surface area contributed by atoms with E-state index in [9.17, 15) is 14.4 Å². The highest BCUT2D eigenvalue weighted by Crippen LogP contribution is 2.36. The van der Waals surface area contributed by atoms with Gasteiger partial charge in [-0.25, -0.2) is 0 Å². The first-order chi connectivity index (χ1) is 19.5. The van der Waals surface area contributed by atoms with Gasteiger partial charge in [0, 0.05) is 24.3 Å². The number of hydrogen-bond acceptors (Lipinski definition) is 5. The number of anilines is 1. The number of piperazine rings is 1. The minimum Gasteiger partial charge on any atom is -0.378 e. The van der Waals surface area contributed by atoms with Crippen molar-refractivity contribution in [1.82, 2.24) is 15.5 Å². The largest absolute Gasteiger partial charge is 0.378 e. The molecule has 2 heterocycles. The first-order valence-corrected chi connectivity index (χ1v) is 15.0. The number of carbonyl (C=O) groups excluding carboxylic acids is 3. The lowest BCUT2D eigenvalue weighted by Gasteiger charge is -2.45. The van der Waals surface area contributed by atoms with Crippen molar-refractivity contribution in [3.05, 3.63) is 65.2 Å². The molecule has 0 saturated carbocycles. The average molecular weight is 561 g/mol. The van der Waals surface area contributed by atoms with Gasteiger partial charge in [0.25, 0.3) is 0 Å². The van der Waals surface area contributed by atoms with Crippen molar-refractivity contribution in [1.29, 1.82) is 0 Å². The van der Waals surface area contributed by atoms with Crippen molar-refractivity contribution in [2.75, 3.05) is 31.2 Å². The summed E-state index contributed by atoms with van der Waals surface area (Å²) < 4.78 is 5.50. The van der Waals surface area contributed by atoms with Crippen LogP contribution >= 0.6 is 0 Å². The van der Waals surface area contributed by atoms with E-state index in [1.54, 1.807) is 4.90 Å². The monoisotopic (exact) mass is 560 g/mol. The minimum absolute atomic E-state index is 0.0543. The molecule has 0 radical (unpaired) electrons. The van der Waals surface area contributed by atoms with Gasteiger partial charge in [0.15, 0.2) is 0 Å². The zero-order valence-corrected chi connectivity index (χ0v) is 25.0. The fourth-order valence-electron chi connectivity index (χ4n) is 6.44. The maximum Gasteiger partial charge on any atom is 0.247 e. The third-order valence-corrected chi connectivity index (χ3v) is 8.32. The lowest BCUT2D eigenvalue weighted by Crippen LogP contribution is -2.67. The Labute approximate surface area is 243 Å². The van der Waals surface area contributed by atoms with E-state index in [1.165, 1.54) is 11.1 Å². The van der Waals surface area contributed by atoms with Crippen LogP contribution in [0.25, 0.3) is 0 Å². The predicted molar refractivity (Wildman–Crippen MR) is 159 cm³/mol. The Bertz CT molecular complexity index is 1240. The highest BCUT2D eigenvalue weighted by Gasteiger charge is 2.49. The van der Waals surface area contributed by atoms with Crippen molar-refractivity contribution in [3.8, 4) is 0 Å². The maximum atomic E-state index is 14.5. The van der Waals surface area contributed by atoms with Gasteiger partial charge < -0.3 is 25.2 Å². The minimum atomic E-state index is -0.929. The van der Waals surface area contributed by atoms with Crippen molar-refractivity contribution >= 4 is 23.4 Å². The van der Waals surface area contributed by atoms with Gasteiger partial charge in [-0.1, -0.05) is 50.2 Å². The Kier molecular flexibility index (Phi) is 8.41. The number of carbonyl (C=O) groups is 3. The normalized spacial score (nSPS) is 22.5. The third-order valence-electron chi connectivity index (χ3n) is 8.32. The lowest BCUT2D eigenvalue weighted by atomic mass is 9.87. The Morgan fingerprint density at radius 3 is 2.17 bits per heavy atom. The van der Waals surface area contributed by atoms with Crippen LogP contribution in [-0.2, 0) is 32.0 Å². The van der Waals surface area contributed by atoms with Gasteiger partial charge in [0.1, 0.15) is 18.1 Å². The molecule has 2 aliphatic heterocycles. The fraction of sp³-hybridized carbons (Fsp3) is 0.545. The highest BCUT2D eigenvalue weighted by atomic mass is 16.5. The van der Waals surface area contributed by atoms with E-state index in [0.717, 1.165) is 31.6 Å². The van der Waals surface area contributed by atoms with Crippen LogP contribution in [0.5, 0.6) is 0 Å². The summed E-state index contributed by atoms with van der Waals surface area (Å²) in [5.74, 6) is -0.538. The summed E-state index contributed by atoms with van der Waals surface area (Å²) in [6.45, 7) is 12.8. The molecule has 8 nitrogen and oxygen atoms in total. The third kappa shape index (κ3) is 6.43. The SMILES string of the molecule is CC(C)C[C@@H]1C(=O)NC(C2Cc3ccccc3C2)C(=O)N1[C@@H](C(=O)NC(C)(C)C)c1ccc(N2CCOCC2)cc1. The molecule has 3 atom stereocenters. The zero-order chi connectivity index (χ0) is 29.3. The van der Waals surface area contributed by atoms with Crippen molar-refractivity contribution in [3.63, 3.8) is 0 Å². The van der Waals surface area contributed by atoms with Gasteiger partial charge >= 0.3 is 0 Å². The topological polar surface area (TPSA) is 91.0 Å². The highest BCUT2D eigenvalue weighted by molar-refractivity contribution is 6.00. The van der Waals surface area contributed by atoms with Gasteiger partial charge in [0.05, 0.1) is 13.2 Å². The number of morpholine rings is 1. The molecule has 2 N–H and O–H groups in total. The summed E-state index contributed by atoms with van der Waals surface area (Å²) in [7, 11) is 0. The van der Waals surface area contributed by atoms with Crippen LogP contribution in [0, 0.1) is 11.8 Å². The second-order valence-electron chi connectivity index (χ2n) is 13.1. The quantitative estimate of drug-likeness (QED) is 0.540. The second-order valence-corrected chi connectivity index (χ2v) is 13.1. The number of fused-ring (bicyclic) bond motifs is 1. The second kappa shape index (κ2) is 11.8.